The topological polar surface area (TPSA) is 46.5 Å². The van der Waals surface area contributed by atoms with Gasteiger partial charge in [0.1, 0.15) is 5.75 Å². The SMILES string of the molecule is O=C(O)C(Oc1ccc2c(c1)CCC2)C1CC1. The van der Waals surface area contributed by atoms with Crippen LogP contribution in [0.1, 0.15) is 30.4 Å². The van der Waals surface area contributed by atoms with Gasteiger partial charge in [0, 0.05) is 5.92 Å². The first kappa shape index (κ1) is 10.6. The molecule has 0 amide bonds. The van der Waals surface area contributed by atoms with Crippen molar-refractivity contribution in [1.82, 2.24) is 0 Å². The van der Waals surface area contributed by atoms with E-state index in [1.54, 1.807) is 0 Å². The number of aryl methyl sites for hydroxylation is 2. The van der Waals surface area contributed by atoms with Gasteiger partial charge in [-0.3, -0.25) is 0 Å². The van der Waals surface area contributed by atoms with Gasteiger partial charge in [-0.05, 0) is 55.4 Å². The third kappa shape index (κ3) is 2.14. The highest BCUT2D eigenvalue weighted by molar-refractivity contribution is 5.73. The average molecular weight is 232 g/mol. The van der Waals surface area contributed by atoms with E-state index in [0.29, 0.717) is 5.75 Å². The molecule has 0 saturated heterocycles. The van der Waals surface area contributed by atoms with E-state index < -0.39 is 12.1 Å². The van der Waals surface area contributed by atoms with Gasteiger partial charge in [0.15, 0.2) is 6.10 Å². The van der Waals surface area contributed by atoms with Crippen molar-refractivity contribution < 1.29 is 14.6 Å². The molecule has 2 aliphatic carbocycles. The van der Waals surface area contributed by atoms with Crippen LogP contribution < -0.4 is 4.74 Å². The molecule has 2 aliphatic rings. The molecule has 1 N–H and O–H groups in total. The second-order valence-corrected chi connectivity index (χ2v) is 5.00. The van der Waals surface area contributed by atoms with E-state index in [-0.39, 0.29) is 5.92 Å². The highest BCUT2D eigenvalue weighted by Gasteiger charge is 2.38. The molecule has 17 heavy (non-hydrogen) atoms. The summed E-state index contributed by atoms with van der Waals surface area (Å²) in [6.45, 7) is 0. The normalized spacial score (nSPS) is 19.8. The molecule has 1 saturated carbocycles. The van der Waals surface area contributed by atoms with Gasteiger partial charge < -0.3 is 9.84 Å². The summed E-state index contributed by atoms with van der Waals surface area (Å²) in [6, 6.07) is 5.99. The van der Waals surface area contributed by atoms with Gasteiger partial charge in [0.05, 0.1) is 0 Å². The summed E-state index contributed by atoms with van der Waals surface area (Å²) in [6.07, 6.45) is 4.72. The van der Waals surface area contributed by atoms with Crippen LogP contribution in [0.4, 0.5) is 0 Å². The number of ether oxygens (including phenoxy) is 1. The van der Waals surface area contributed by atoms with Gasteiger partial charge in [-0.15, -0.1) is 0 Å². The van der Waals surface area contributed by atoms with Crippen molar-refractivity contribution >= 4 is 5.97 Å². The summed E-state index contributed by atoms with van der Waals surface area (Å²) in [4.78, 5) is 11.1. The zero-order valence-corrected chi connectivity index (χ0v) is 9.69. The predicted molar refractivity (Wildman–Crippen MR) is 63.2 cm³/mol. The second kappa shape index (κ2) is 4.06. The number of hydrogen-bond acceptors (Lipinski definition) is 2. The number of aliphatic carboxylic acids is 1. The first-order valence-corrected chi connectivity index (χ1v) is 6.25. The lowest BCUT2D eigenvalue weighted by Crippen LogP contribution is -2.29. The fourth-order valence-electron chi connectivity index (χ4n) is 2.52. The minimum atomic E-state index is -0.840. The second-order valence-electron chi connectivity index (χ2n) is 5.00. The Morgan fingerprint density at radius 2 is 2.06 bits per heavy atom. The maximum atomic E-state index is 11.1. The molecule has 1 fully saturated rings. The number of carbonyl (C=O) groups is 1. The maximum absolute atomic E-state index is 11.1. The van der Waals surface area contributed by atoms with Crippen LogP contribution in [-0.4, -0.2) is 17.2 Å². The molecule has 0 aromatic heterocycles. The van der Waals surface area contributed by atoms with Gasteiger partial charge >= 0.3 is 5.97 Å². The van der Waals surface area contributed by atoms with E-state index in [9.17, 15) is 4.79 Å². The lowest BCUT2D eigenvalue weighted by Gasteiger charge is -2.15. The van der Waals surface area contributed by atoms with Crippen molar-refractivity contribution in [3.63, 3.8) is 0 Å². The van der Waals surface area contributed by atoms with E-state index >= 15 is 0 Å². The summed E-state index contributed by atoms with van der Waals surface area (Å²) in [5, 5.41) is 9.11. The summed E-state index contributed by atoms with van der Waals surface area (Å²) in [5.74, 6) is 0.0821. The van der Waals surface area contributed by atoms with E-state index in [4.69, 9.17) is 9.84 Å². The number of fused-ring (bicyclic) bond motifs is 1. The Labute approximate surface area is 100 Å². The Balaban J connectivity index is 1.77. The molecule has 0 aliphatic heterocycles. The van der Waals surface area contributed by atoms with Crippen LogP contribution in [0.5, 0.6) is 5.75 Å². The van der Waals surface area contributed by atoms with Gasteiger partial charge in [-0.2, -0.15) is 0 Å². The molecule has 3 heteroatoms. The molecular formula is C14H16O3. The Morgan fingerprint density at radius 3 is 2.76 bits per heavy atom. The van der Waals surface area contributed by atoms with Crippen LogP contribution in [-0.2, 0) is 17.6 Å². The highest BCUT2D eigenvalue weighted by Crippen LogP contribution is 2.36. The van der Waals surface area contributed by atoms with Crippen molar-refractivity contribution in [2.45, 2.75) is 38.2 Å². The fraction of sp³-hybridized carbons (Fsp3) is 0.500. The molecular weight excluding hydrogens is 216 g/mol. The van der Waals surface area contributed by atoms with Crippen molar-refractivity contribution in [2.24, 2.45) is 5.92 Å². The fourth-order valence-corrected chi connectivity index (χ4v) is 2.52. The summed E-state index contributed by atoms with van der Waals surface area (Å²) in [5.41, 5.74) is 2.71. The van der Waals surface area contributed by atoms with Crippen molar-refractivity contribution in [1.29, 1.82) is 0 Å². The molecule has 1 aromatic rings. The Bertz CT molecular complexity index is 449. The van der Waals surface area contributed by atoms with Crippen molar-refractivity contribution in [2.75, 3.05) is 0 Å². The molecule has 0 heterocycles. The molecule has 3 rings (SSSR count). The number of benzene rings is 1. The maximum Gasteiger partial charge on any atom is 0.345 e. The van der Waals surface area contributed by atoms with E-state index in [0.717, 1.165) is 25.7 Å². The molecule has 0 radical (unpaired) electrons. The Hall–Kier alpha value is -1.51. The van der Waals surface area contributed by atoms with Crippen LogP contribution in [0.3, 0.4) is 0 Å². The van der Waals surface area contributed by atoms with E-state index in [2.05, 4.69) is 6.07 Å². The van der Waals surface area contributed by atoms with Gasteiger partial charge in [-0.25, -0.2) is 4.79 Å². The van der Waals surface area contributed by atoms with Gasteiger partial charge in [0.2, 0.25) is 0 Å². The summed E-state index contributed by atoms with van der Waals surface area (Å²) < 4.78 is 5.63. The number of carboxylic acid groups (broad SMARTS) is 1. The lowest BCUT2D eigenvalue weighted by atomic mass is 10.1. The van der Waals surface area contributed by atoms with Crippen LogP contribution in [0, 0.1) is 5.92 Å². The monoisotopic (exact) mass is 232 g/mol. The van der Waals surface area contributed by atoms with Crippen LogP contribution >= 0.6 is 0 Å². The number of rotatable bonds is 4. The smallest absolute Gasteiger partial charge is 0.345 e. The first-order chi connectivity index (χ1) is 8.24. The number of carboxylic acids is 1. The van der Waals surface area contributed by atoms with Gasteiger partial charge in [0.25, 0.3) is 0 Å². The molecule has 0 spiro atoms. The molecule has 1 aromatic carbocycles. The van der Waals surface area contributed by atoms with Crippen LogP contribution in [0.15, 0.2) is 18.2 Å². The zero-order chi connectivity index (χ0) is 11.8. The molecule has 0 bridgehead atoms. The van der Waals surface area contributed by atoms with Gasteiger partial charge in [-0.1, -0.05) is 6.07 Å². The molecule has 3 nitrogen and oxygen atoms in total. The summed E-state index contributed by atoms with van der Waals surface area (Å²) in [7, 11) is 0. The first-order valence-electron chi connectivity index (χ1n) is 6.25. The largest absolute Gasteiger partial charge is 0.478 e. The van der Waals surface area contributed by atoms with Crippen LogP contribution in [0.2, 0.25) is 0 Å². The standard InChI is InChI=1S/C14H16O3/c15-14(16)13(10-4-5-10)17-12-7-6-9-2-1-3-11(9)8-12/h6-8,10,13H,1-5H2,(H,15,16). The molecule has 90 valence electrons. The molecule has 1 atom stereocenters. The minimum Gasteiger partial charge on any atom is -0.478 e. The third-order valence-corrected chi connectivity index (χ3v) is 3.63. The highest BCUT2D eigenvalue weighted by atomic mass is 16.5. The minimum absolute atomic E-state index is 0.209. The van der Waals surface area contributed by atoms with E-state index in [1.807, 2.05) is 12.1 Å². The van der Waals surface area contributed by atoms with E-state index in [1.165, 1.54) is 17.5 Å². The molecule has 1 unspecified atom stereocenters. The third-order valence-electron chi connectivity index (χ3n) is 3.63. The lowest BCUT2D eigenvalue weighted by molar-refractivity contribution is -0.146. The Morgan fingerprint density at radius 1 is 1.29 bits per heavy atom. The predicted octanol–water partition coefficient (Wildman–Crippen LogP) is 2.42. The van der Waals surface area contributed by atoms with Crippen molar-refractivity contribution in [3.05, 3.63) is 29.3 Å². The quantitative estimate of drug-likeness (QED) is 0.867. The zero-order valence-electron chi connectivity index (χ0n) is 9.69. The van der Waals surface area contributed by atoms with Crippen molar-refractivity contribution in [3.8, 4) is 5.75 Å². The Kier molecular flexibility index (Phi) is 2.54. The summed E-state index contributed by atoms with van der Waals surface area (Å²) >= 11 is 0. The van der Waals surface area contributed by atoms with Crippen LogP contribution in [0.25, 0.3) is 0 Å². The average Bonchev–Trinajstić information content (AvgIpc) is 3.03. The number of hydrogen-bond donors (Lipinski definition) is 1.